The number of carbonyl (C=O) groups is 2. The number of hydrogen-bond donors (Lipinski definition) is 1. The molecule has 0 radical (unpaired) electrons. The summed E-state index contributed by atoms with van der Waals surface area (Å²) in [6, 6.07) is 3.97. The molecule has 2 rings (SSSR count). The largest absolute Gasteiger partial charge is 0.467 e. The maximum Gasteiger partial charge on any atom is 0.328 e. The summed E-state index contributed by atoms with van der Waals surface area (Å²) < 4.78 is 6.09. The molecule has 0 spiro atoms. The van der Waals surface area contributed by atoms with Gasteiger partial charge in [-0.05, 0) is 41.0 Å². The molecular weight excluding hydrogens is 334 g/mol. The lowest BCUT2D eigenvalue weighted by molar-refractivity contribution is -0.143. The Morgan fingerprint density at radius 1 is 1.38 bits per heavy atom. The minimum atomic E-state index is -0.736. The fourth-order valence-corrected chi connectivity index (χ4v) is 2.39. The minimum Gasteiger partial charge on any atom is -0.467 e. The van der Waals surface area contributed by atoms with Gasteiger partial charge in [0.2, 0.25) is 0 Å². The predicted octanol–water partition coefficient (Wildman–Crippen LogP) is 1.63. The fraction of sp³-hybridized carbons (Fsp3) is 0.400. The molecule has 1 aromatic heterocycles. The van der Waals surface area contributed by atoms with E-state index in [2.05, 4.69) is 20.8 Å². The third kappa shape index (κ3) is 4.29. The number of aromatic nitrogens is 4. The second kappa shape index (κ2) is 7.87. The van der Waals surface area contributed by atoms with E-state index in [4.69, 9.17) is 16.3 Å². The number of benzene rings is 1. The predicted molar refractivity (Wildman–Crippen MR) is 86.9 cm³/mol. The van der Waals surface area contributed by atoms with E-state index in [-0.39, 0.29) is 5.92 Å². The second-order valence-corrected chi connectivity index (χ2v) is 6.03. The molecule has 8 nitrogen and oxygen atoms in total. The van der Waals surface area contributed by atoms with E-state index in [1.807, 2.05) is 13.8 Å². The van der Waals surface area contributed by atoms with Crippen LogP contribution in [0.4, 0.5) is 0 Å². The van der Waals surface area contributed by atoms with Crippen LogP contribution in [0.15, 0.2) is 24.5 Å². The summed E-state index contributed by atoms with van der Waals surface area (Å²) in [5, 5.41) is 14.0. The van der Waals surface area contributed by atoms with Crippen molar-refractivity contribution in [3.8, 4) is 5.69 Å². The van der Waals surface area contributed by atoms with Crippen LogP contribution in [0.25, 0.3) is 5.69 Å². The van der Waals surface area contributed by atoms with Crippen molar-refractivity contribution >= 4 is 23.5 Å². The Bertz CT molecular complexity index is 718. The molecule has 1 amide bonds. The number of nitrogens with zero attached hydrogens (tertiary/aromatic N) is 4. The quantitative estimate of drug-likeness (QED) is 0.794. The Balaban J connectivity index is 2.30. The molecule has 1 unspecified atom stereocenters. The van der Waals surface area contributed by atoms with E-state index in [1.54, 1.807) is 18.2 Å². The molecule has 24 heavy (non-hydrogen) atoms. The SMILES string of the molecule is COC(=O)C(CC(C)C)NC(=O)c1ccc(Cl)cc1-n1cnnn1. The molecule has 0 aliphatic carbocycles. The van der Waals surface area contributed by atoms with E-state index in [0.29, 0.717) is 22.7 Å². The van der Waals surface area contributed by atoms with Crippen LogP contribution < -0.4 is 5.32 Å². The van der Waals surface area contributed by atoms with Gasteiger partial charge in [0, 0.05) is 5.02 Å². The van der Waals surface area contributed by atoms with Gasteiger partial charge in [-0.15, -0.1) is 5.10 Å². The highest BCUT2D eigenvalue weighted by molar-refractivity contribution is 6.31. The van der Waals surface area contributed by atoms with Gasteiger partial charge in [-0.25, -0.2) is 4.79 Å². The lowest BCUT2D eigenvalue weighted by Gasteiger charge is -2.19. The Morgan fingerprint density at radius 3 is 2.71 bits per heavy atom. The Hall–Kier alpha value is -2.48. The van der Waals surface area contributed by atoms with Crippen LogP contribution in [0.5, 0.6) is 0 Å². The van der Waals surface area contributed by atoms with E-state index in [1.165, 1.54) is 18.1 Å². The normalized spacial score (nSPS) is 12.0. The molecule has 1 heterocycles. The monoisotopic (exact) mass is 351 g/mol. The molecule has 0 saturated heterocycles. The van der Waals surface area contributed by atoms with E-state index >= 15 is 0 Å². The summed E-state index contributed by atoms with van der Waals surface area (Å²) in [5.74, 6) is -0.721. The minimum absolute atomic E-state index is 0.207. The van der Waals surface area contributed by atoms with Crippen molar-refractivity contribution in [2.75, 3.05) is 7.11 Å². The van der Waals surface area contributed by atoms with Gasteiger partial charge >= 0.3 is 5.97 Å². The molecule has 9 heteroatoms. The van der Waals surface area contributed by atoms with Gasteiger partial charge in [0.25, 0.3) is 5.91 Å². The molecule has 0 aliphatic rings. The van der Waals surface area contributed by atoms with E-state index < -0.39 is 17.9 Å². The van der Waals surface area contributed by atoms with Gasteiger partial charge in [0.1, 0.15) is 12.4 Å². The topological polar surface area (TPSA) is 99.0 Å². The fourth-order valence-electron chi connectivity index (χ4n) is 2.22. The summed E-state index contributed by atoms with van der Waals surface area (Å²) in [4.78, 5) is 24.5. The first-order valence-corrected chi connectivity index (χ1v) is 7.71. The number of carbonyl (C=O) groups excluding carboxylic acids is 2. The van der Waals surface area contributed by atoms with Crippen LogP contribution in [0.3, 0.4) is 0 Å². The van der Waals surface area contributed by atoms with Crippen LogP contribution in [0.2, 0.25) is 5.02 Å². The third-order valence-corrected chi connectivity index (χ3v) is 3.53. The molecule has 1 N–H and O–H groups in total. The first-order valence-electron chi connectivity index (χ1n) is 7.34. The molecule has 1 atom stereocenters. The number of rotatable bonds is 6. The van der Waals surface area contributed by atoms with Crippen molar-refractivity contribution < 1.29 is 14.3 Å². The number of esters is 1. The van der Waals surface area contributed by atoms with Crippen LogP contribution in [-0.4, -0.2) is 45.2 Å². The zero-order chi connectivity index (χ0) is 17.7. The third-order valence-electron chi connectivity index (χ3n) is 3.30. The van der Waals surface area contributed by atoms with Crippen LogP contribution in [-0.2, 0) is 9.53 Å². The summed E-state index contributed by atoms with van der Waals surface area (Å²) >= 11 is 6.00. The van der Waals surface area contributed by atoms with Crippen molar-refractivity contribution in [1.29, 1.82) is 0 Å². The zero-order valence-electron chi connectivity index (χ0n) is 13.6. The highest BCUT2D eigenvalue weighted by Crippen LogP contribution is 2.19. The lowest BCUT2D eigenvalue weighted by Crippen LogP contribution is -2.42. The first-order chi connectivity index (χ1) is 11.4. The maximum atomic E-state index is 12.6. The number of amides is 1. The van der Waals surface area contributed by atoms with Gasteiger partial charge in [0.15, 0.2) is 0 Å². The number of halogens is 1. The van der Waals surface area contributed by atoms with Crippen LogP contribution in [0.1, 0.15) is 30.6 Å². The van der Waals surface area contributed by atoms with Gasteiger partial charge < -0.3 is 10.1 Å². The van der Waals surface area contributed by atoms with Crippen molar-refractivity contribution in [3.63, 3.8) is 0 Å². The van der Waals surface area contributed by atoms with Crippen molar-refractivity contribution in [3.05, 3.63) is 35.1 Å². The highest BCUT2D eigenvalue weighted by Gasteiger charge is 2.24. The van der Waals surface area contributed by atoms with E-state index in [9.17, 15) is 9.59 Å². The highest BCUT2D eigenvalue weighted by atomic mass is 35.5. The Kier molecular flexibility index (Phi) is 5.86. The number of ether oxygens (including phenoxy) is 1. The summed E-state index contributed by atoms with van der Waals surface area (Å²) in [5.41, 5.74) is 0.711. The molecule has 0 saturated carbocycles. The molecular formula is C15H18ClN5O3. The maximum absolute atomic E-state index is 12.6. The summed E-state index contributed by atoms with van der Waals surface area (Å²) in [7, 11) is 1.29. The van der Waals surface area contributed by atoms with Crippen LogP contribution >= 0.6 is 11.6 Å². The molecule has 0 fully saturated rings. The molecule has 0 aliphatic heterocycles. The molecule has 0 bridgehead atoms. The number of methoxy groups -OCH3 is 1. The first kappa shape index (κ1) is 17.9. The Labute approximate surface area is 144 Å². The van der Waals surface area contributed by atoms with Crippen LogP contribution in [0, 0.1) is 5.92 Å². The Morgan fingerprint density at radius 2 is 2.12 bits per heavy atom. The summed E-state index contributed by atoms with van der Waals surface area (Å²) in [6.07, 6.45) is 1.82. The molecule has 128 valence electrons. The average Bonchev–Trinajstić information content (AvgIpc) is 3.07. The van der Waals surface area contributed by atoms with Gasteiger partial charge in [-0.2, -0.15) is 4.68 Å². The average molecular weight is 352 g/mol. The van der Waals surface area contributed by atoms with Gasteiger partial charge in [0.05, 0.1) is 18.4 Å². The molecule has 2 aromatic rings. The van der Waals surface area contributed by atoms with Gasteiger partial charge in [-0.1, -0.05) is 25.4 Å². The zero-order valence-corrected chi connectivity index (χ0v) is 14.3. The molecule has 1 aromatic carbocycles. The lowest BCUT2D eigenvalue weighted by atomic mass is 10.0. The number of tetrazole rings is 1. The van der Waals surface area contributed by atoms with E-state index in [0.717, 1.165) is 0 Å². The van der Waals surface area contributed by atoms with Crippen molar-refractivity contribution in [2.24, 2.45) is 5.92 Å². The summed E-state index contributed by atoms with van der Waals surface area (Å²) in [6.45, 7) is 3.91. The second-order valence-electron chi connectivity index (χ2n) is 5.59. The number of hydrogen-bond acceptors (Lipinski definition) is 6. The van der Waals surface area contributed by atoms with Crippen molar-refractivity contribution in [1.82, 2.24) is 25.5 Å². The number of nitrogens with one attached hydrogen (secondary N) is 1. The van der Waals surface area contributed by atoms with Crippen molar-refractivity contribution in [2.45, 2.75) is 26.3 Å². The smallest absolute Gasteiger partial charge is 0.328 e. The standard InChI is InChI=1S/C15H18ClN5O3/c1-9(2)6-12(15(23)24-3)18-14(22)11-5-4-10(16)7-13(11)21-8-17-19-20-21/h4-5,7-9,12H,6H2,1-3H3,(H,18,22). The van der Waals surface area contributed by atoms with Gasteiger partial charge in [-0.3, -0.25) is 4.79 Å².